The van der Waals surface area contributed by atoms with Gasteiger partial charge < -0.3 is 62.8 Å². The Morgan fingerprint density at radius 2 is 1.17 bits per heavy atom. The molecule has 2 fully saturated rings. The molecule has 0 radical (unpaired) electrons. The molecule has 22 heteroatoms. The maximum absolute atomic E-state index is 15.4. The first kappa shape index (κ1) is 65.1. The van der Waals surface area contributed by atoms with Gasteiger partial charge in [-0.15, -0.1) is 0 Å². The summed E-state index contributed by atoms with van der Waals surface area (Å²) in [6.45, 7) is 7.89. The van der Waals surface area contributed by atoms with Crippen molar-refractivity contribution in [1.29, 1.82) is 0 Å². The largest absolute Gasteiger partial charge is 0.468 e. The molecular weight excluding hydrogens is 1100 g/mol. The molecule has 0 bridgehead atoms. The Bertz CT molecular complexity index is 3000. The molecule has 86 heavy (non-hydrogen) atoms. The maximum Gasteiger partial charge on any atom is 0.408 e. The van der Waals surface area contributed by atoms with Crippen LogP contribution in [0.15, 0.2) is 134 Å². The number of benzene rings is 4. The van der Waals surface area contributed by atoms with Crippen molar-refractivity contribution in [3.63, 3.8) is 0 Å². The van der Waals surface area contributed by atoms with Gasteiger partial charge in [0.1, 0.15) is 49.0 Å². The molecule has 460 valence electrons. The van der Waals surface area contributed by atoms with Crippen LogP contribution in [-0.2, 0) is 80.5 Å². The van der Waals surface area contributed by atoms with Crippen molar-refractivity contribution in [3.05, 3.63) is 162 Å². The number of piperazine rings is 2. The third-order valence-corrected chi connectivity index (χ3v) is 14.7. The lowest BCUT2D eigenvalue weighted by molar-refractivity contribution is -0.162. The van der Waals surface area contributed by atoms with E-state index in [1.807, 2.05) is 108 Å². The number of nitrogens with one attached hydrogen (secondary N) is 1. The molecule has 1 N–H and O–H groups in total. The second-order valence-electron chi connectivity index (χ2n) is 23.0. The Labute approximate surface area is 502 Å². The van der Waals surface area contributed by atoms with Gasteiger partial charge in [-0.25, -0.2) is 9.78 Å². The number of carbonyl (C=O) groups excluding carboxylic acids is 8. The minimum Gasteiger partial charge on any atom is -0.468 e. The number of alkyl carbamates (subject to hydrolysis) is 1. The fraction of sp³-hybridized carbons (Fsp3) is 0.453. The van der Waals surface area contributed by atoms with Gasteiger partial charge in [0, 0.05) is 59.4 Å². The highest BCUT2D eigenvalue weighted by atomic mass is 16.7. The van der Waals surface area contributed by atoms with Crippen molar-refractivity contribution >= 4 is 47.6 Å². The molecule has 2 saturated heterocycles. The third kappa shape index (κ3) is 16.9. The predicted molar refractivity (Wildman–Crippen MR) is 315 cm³/mol. The first-order valence-electron chi connectivity index (χ1n) is 28.7. The van der Waals surface area contributed by atoms with Crippen molar-refractivity contribution in [1.82, 2.24) is 39.4 Å². The smallest absolute Gasteiger partial charge is 0.408 e. The molecule has 22 nitrogen and oxygen atoms in total. The SMILES string of the molecule is COC(=O)CN1CCN(C(=O)CN2CCN(C(=O)CN(CC(OC)OC)C(=O)[C@H](COC(C)(C)C)NC(=O)OCc3ccccc3)[C@@H](Cc3cn(C(c4ccccc4)(c4ccccc4)c4ccccc4)cn3)C2=O)[C@@H](CCC(=O)OC(C)(C)C)C1=O. The molecule has 0 spiro atoms. The first-order valence-corrected chi connectivity index (χ1v) is 28.7. The molecule has 0 aliphatic carbocycles. The lowest BCUT2D eigenvalue weighted by atomic mass is 9.77. The van der Waals surface area contributed by atoms with Gasteiger partial charge in [-0.2, -0.15) is 0 Å². The Kier molecular flexibility index (Phi) is 22.4. The predicted octanol–water partition coefficient (Wildman–Crippen LogP) is 5.20. The minimum absolute atomic E-state index is 0.0314. The zero-order chi connectivity index (χ0) is 62.2. The molecule has 3 atom stereocenters. The Morgan fingerprint density at radius 1 is 0.651 bits per heavy atom. The number of rotatable bonds is 25. The summed E-state index contributed by atoms with van der Waals surface area (Å²) in [6.07, 6.45) is 1.03. The van der Waals surface area contributed by atoms with Crippen molar-refractivity contribution in [3.8, 4) is 0 Å². The van der Waals surface area contributed by atoms with E-state index in [9.17, 15) is 28.8 Å². The van der Waals surface area contributed by atoms with Crippen LogP contribution in [-0.4, -0.2) is 198 Å². The van der Waals surface area contributed by atoms with Crippen LogP contribution >= 0.6 is 0 Å². The summed E-state index contributed by atoms with van der Waals surface area (Å²) in [4.78, 5) is 125. The standard InChI is InChI=1S/C64H80N8O14/c1-62(2,3)85-43-50(66-61(80)84-42-45-22-14-10-15-23-45)58(77)69(41-57(82-8)83-9)39-54(74)72-35-32-67(38-53(73)71-34-33-68(40-56(76)81-7)59(78)51(71)30-31-55(75)86-63(4,5)6)60(79)52(72)36-49-37-70(44-65-49)64(46-24-16-11-17-25-46,47-26-18-12-19-27-47)48-28-20-13-21-29-48/h10-29,37,44,50-52,57H,30-36,38-43H2,1-9H3,(H,66,80)/t50-,51-,52-/m0/s1. The molecule has 6 amide bonds. The molecular formula is C64H80N8O14. The molecule has 2 aliphatic heterocycles. The van der Waals surface area contributed by atoms with Gasteiger partial charge in [0.05, 0.1) is 44.4 Å². The van der Waals surface area contributed by atoms with E-state index in [1.165, 1.54) is 45.8 Å². The van der Waals surface area contributed by atoms with Crippen LogP contribution in [0.2, 0.25) is 0 Å². The monoisotopic (exact) mass is 1180 g/mol. The molecule has 7 rings (SSSR count). The van der Waals surface area contributed by atoms with Crippen molar-refractivity contribution in [2.45, 2.75) is 109 Å². The van der Waals surface area contributed by atoms with Gasteiger partial charge in [-0.3, -0.25) is 33.6 Å². The lowest BCUT2D eigenvalue weighted by Gasteiger charge is -2.43. The third-order valence-electron chi connectivity index (χ3n) is 14.7. The quantitative estimate of drug-likeness (QED) is 0.0342. The van der Waals surface area contributed by atoms with E-state index in [0.717, 1.165) is 16.7 Å². The van der Waals surface area contributed by atoms with Crippen LogP contribution < -0.4 is 5.32 Å². The minimum atomic E-state index is -1.38. The van der Waals surface area contributed by atoms with Gasteiger partial charge in [-0.1, -0.05) is 121 Å². The molecule has 0 saturated carbocycles. The highest BCUT2D eigenvalue weighted by Gasteiger charge is 2.45. The van der Waals surface area contributed by atoms with Crippen LogP contribution in [0.4, 0.5) is 4.79 Å². The highest BCUT2D eigenvalue weighted by molar-refractivity contribution is 5.96. The number of amides is 6. The first-order chi connectivity index (χ1) is 41.0. The summed E-state index contributed by atoms with van der Waals surface area (Å²) in [5.74, 6) is -4.50. The second kappa shape index (κ2) is 29.6. The Balaban J connectivity index is 1.24. The average molecular weight is 1190 g/mol. The summed E-state index contributed by atoms with van der Waals surface area (Å²) in [7, 11) is 3.94. The topological polar surface area (TPSA) is 238 Å². The number of hydrogen-bond donors (Lipinski definition) is 1. The van der Waals surface area contributed by atoms with Crippen LogP contribution in [0.5, 0.6) is 0 Å². The van der Waals surface area contributed by atoms with Crippen molar-refractivity contribution in [2.24, 2.45) is 0 Å². The Hall–Kier alpha value is -8.47. The number of nitrogens with zero attached hydrogens (tertiary/aromatic N) is 7. The van der Waals surface area contributed by atoms with E-state index in [4.69, 9.17) is 33.4 Å². The van der Waals surface area contributed by atoms with Crippen LogP contribution in [0.25, 0.3) is 0 Å². The molecule has 0 unspecified atom stereocenters. The molecule has 2 aliphatic rings. The van der Waals surface area contributed by atoms with Crippen LogP contribution in [0.1, 0.15) is 82.3 Å². The molecule has 3 heterocycles. The maximum atomic E-state index is 15.4. The van der Waals surface area contributed by atoms with Gasteiger partial charge in [0.2, 0.25) is 29.5 Å². The number of imidazole rings is 1. The molecule has 1 aromatic heterocycles. The van der Waals surface area contributed by atoms with Gasteiger partial charge in [-0.05, 0) is 70.2 Å². The zero-order valence-corrected chi connectivity index (χ0v) is 50.5. The summed E-state index contributed by atoms with van der Waals surface area (Å²) >= 11 is 0. The number of aromatic nitrogens is 2. The van der Waals surface area contributed by atoms with Gasteiger partial charge in [0.25, 0.3) is 0 Å². The number of methoxy groups -OCH3 is 3. The number of hydrogen-bond acceptors (Lipinski definition) is 15. The van der Waals surface area contributed by atoms with Crippen LogP contribution in [0.3, 0.4) is 0 Å². The number of carbonyl (C=O) groups is 8. The fourth-order valence-electron chi connectivity index (χ4n) is 10.6. The fourth-order valence-corrected chi connectivity index (χ4v) is 10.6. The van der Waals surface area contributed by atoms with Gasteiger partial charge >= 0.3 is 18.0 Å². The van der Waals surface area contributed by atoms with E-state index in [0.29, 0.717) is 11.3 Å². The highest BCUT2D eigenvalue weighted by Crippen LogP contribution is 2.41. The van der Waals surface area contributed by atoms with Gasteiger partial charge in [0.15, 0.2) is 6.29 Å². The van der Waals surface area contributed by atoms with E-state index in [2.05, 4.69) is 5.32 Å². The normalized spacial score (nSPS) is 16.2. The van der Waals surface area contributed by atoms with E-state index >= 15 is 9.59 Å². The number of ether oxygens (including phenoxy) is 6. The van der Waals surface area contributed by atoms with Crippen LogP contribution in [0, 0.1) is 0 Å². The van der Waals surface area contributed by atoms with E-state index in [1.54, 1.807) is 72.1 Å². The van der Waals surface area contributed by atoms with E-state index in [-0.39, 0.29) is 71.7 Å². The van der Waals surface area contributed by atoms with Crippen molar-refractivity contribution < 1.29 is 66.8 Å². The summed E-state index contributed by atoms with van der Waals surface area (Å²) in [6, 6.07) is 34.8. The van der Waals surface area contributed by atoms with E-state index < -0.39 is 102 Å². The summed E-state index contributed by atoms with van der Waals surface area (Å²) < 4.78 is 35.0. The Morgan fingerprint density at radius 3 is 1.70 bits per heavy atom. The average Bonchev–Trinajstić information content (AvgIpc) is 1.31. The zero-order valence-electron chi connectivity index (χ0n) is 50.5. The molecule has 5 aromatic rings. The van der Waals surface area contributed by atoms with Crippen molar-refractivity contribution in [2.75, 3.05) is 80.3 Å². The second-order valence-corrected chi connectivity index (χ2v) is 23.0. The molecule has 4 aromatic carbocycles. The lowest BCUT2D eigenvalue weighted by Crippen LogP contribution is -2.64. The summed E-state index contributed by atoms with van der Waals surface area (Å²) in [5, 5.41) is 2.63. The summed E-state index contributed by atoms with van der Waals surface area (Å²) in [5.41, 5.74) is 1.25. The number of esters is 2.